The van der Waals surface area contributed by atoms with Crippen LogP contribution in [0.1, 0.15) is 51.4 Å². The predicted molar refractivity (Wildman–Crippen MR) is 48.5 cm³/mol. The molecule has 0 aromatic carbocycles. The van der Waals surface area contributed by atoms with E-state index in [1.54, 1.807) is 0 Å². The second-order valence-electron chi connectivity index (χ2n) is 4.01. The first-order chi connectivity index (χ1) is 5.47. The van der Waals surface area contributed by atoms with E-state index in [0.717, 1.165) is 5.92 Å². The van der Waals surface area contributed by atoms with Crippen molar-refractivity contribution in [2.24, 2.45) is 5.92 Å². The van der Waals surface area contributed by atoms with E-state index >= 15 is 0 Å². The largest absolute Gasteiger partial charge is 0.0851 e. The lowest BCUT2D eigenvalue weighted by Gasteiger charge is -2.21. The predicted octanol–water partition coefficient (Wildman–Crippen LogP) is 3.68. The van der Waals surface area contributed by atoms with E-state index in [0.29, 0.717) is 0 Å². The highest BCUT2D eigenvalue weighted by Gasteiger charge is 2.18. The highest BCUT2D eigenvalue weighted by molar-refractivity contribution is 5.10. The SMILES string of the molecule is C1=C2CCCCCC2CCC1. The molecule has 1 fully saturated rings. The molecule has 1 saturated carbocycles. The molecular formula is C11H18. The molecule has 0 aromatic rings. The van der Waals surface area contributed by atoms with Crippen LogP contribution in [0, 0.1) is 5.92 Å². The minimum atomic E-state index is 1.01. The summed E-state index contributed by atoms with van der Waals surface area (Å²) in [6.07, 6.45) is 14.2. The third-order valence-electron chi connectivity index (χ3n) is 3.21. The lowest BCUT2D eigenvalue weighted by atomic mass is 9.85. The Bertz CT molecular complexity index is 155. The Labute approximate surface area is 69.7 Å². The molecule has 0 spiro atoms. The van der Waals surface area contributed by atoms with Crippen molar-refractivity contribution >= 4 is 0 Å². The molecular weight excluding hydrogens is 132 g/mol. The highest BCUT2D eigenvalue weighted by atomic mass is 14.2. The summed E-state index contributed by atoms with van der Waals surface area (Å²) in [4.78, 5) is 0. The molecule has 0 radical (unpaired) electrons. The lowest BCUT2D eigenvalue weighted by molar-refractivity contribution is 0.473. The molecule has 62 valence electrons. The van der Waals surface area contributed by atoms with Gasteiger partial charge >= 0.3 is 0 Å². The summed E-state index contributed by atoms with van der Waals surface area (Å²) >= 11 is 0. The maximum absolute atomic E-state index is 2.53. The van der Waals surface area contributed by atoms with Gasteiger partial charge in [-0.25, -0.2) is 0 Å². The molecule has 0 aromatic heterocycles. The van der Waals surface area contributed by atoms with Crippen LogP contribution in [0.15, 0.2) is 11.6 Å². The zero-order valence-electron chi connectivity index (χ0n) is 7.31. The summed E-state index contributed by atoms with van der Waals surface area (Å²) in [6.45, 7) is 0. The Hall–Kier alpha value is -0.260. The van der Waals surface area contributed by atoms with Crippen molar-refractivity contribution in [2.45, 2.75) is 51.4 Å². The molecule has 0 heteroatoms. The Morgan fingerprint density at radius 3 is 2.91 bits per heavy atom. The highest BCUT2D eigenvalue weighted by Crippen LogP contribution is 2.34. The second kappa shape index (κ2) is 3.42. The van der Waals surface area contributed by atoms with Crippen LogP contribution in [0.4, 0.5) is 0 Å². The molecule has 11 heavy (non-hydrogen) atoms. The Morgan fingerprint density at radius 2 is 1.91 bits per heavy atom. The van der Waals surface area contributed by atoms with Crippen LogP contribution in [0.5, 0.6) is 0 Å². The first kappa shape index (κ1) is 7.39. The molecule has 0 heterocycles. The number of hydrogen-bond acceptors (Lipinski definition) is 0. The lowest BCUT2D eigenvalue weighted by Crippen LogP contribution is -2.06. The van der Waals surface area contributed by atoms with Gasteiger partial charge in [0.25, 0.3) is 0 Å². The second-order valence-corrected chi connectivity index (χ2v) is 4.01. The maximum atomic E-state index is 2.53. The molecule has 0 nitrogen and oxygen atoms in total. The van der Waals surface area contributed by atoms with E-state index < -0.39 is 0 Å². The zero-order valence-corrected chi connectivity index (χ0v) is 7.31. The fraction of sp³-hybridized carbons (Fsp3) is 0.818. The van der Waals surface area contributed by atoms with Crippen molar-refractivity contribution in [2.75, 3.05) is 0 Å². The number of hydrogen-bond donors (Lipinski definition) is 0. The summed E-state index contributed by atoms with van der Waals surface area (Å²) in [5, 5.41) is 0. The fourth-order valence-electron chi connectivity index (χ4n) is 2.54. The van der Waals surface area contributed by atoms with Crippen LogP contribution in [0.3, 0.4) is 0 Å². The Morgan fingerprint density at radius 1 is 1.00 bits per heavy atom. The van der Waals surface area contributed by atoms with Gasteiger partial charge in [0.1, 0.15) is 0 Å². The Kier molecular flexibility index (Phi) is 2.30. The summed E-state index contributed by atoms with van der Waals surface area (Å²) in [6, 6.07) is 0. The number of fused-ring (bicyclic) bond motifs is 1. The molecule has 2 aliphatic rings. The average molecular weight is 150 g/mol. The van der Waals surface area contributed by atoms with Crippen LogP contribution in [-0.2, 0) is 0 Å². The first-order valence-electron chi connectivity index (χ1n) is 5.16. The fourth-order valence-corrected chi connectivity index (χ4v) is 2.54. The summed E-state index contributed by atoms with van der Waals surface area (Å²) in [5.74, 6) is 1.01. The van der Waals surface area contributed by atoms with Gasteiger partial charge in [-0.2, -0.15) is 0 Å². The summed E-state index contributed by atoms with van der Waals surface area (Å²) in [7, 11) is 0. The van der Waals surface area contributed by atoms with Crippen LogP contribution in [0.25, 0.3) is 0 Å². The molecule has 0 aliphatic heterocycles. The van der Waals surface area contributed by atoms with E-state index in [4.69, 9.17) is 0 Å². The third kappa shape index (κ3) is 1.66. The third-order valence-corrected chi connectivity index (χ3v) is 3.21. The Balaban J connectivity index is 2.07. The molecule has 1 atom stereocenters. The van der Waals surface area contributed by atoms with Crippen molar-refractivity contribution in [1.29, 1.82) is 0 Å². The molecule has 0 amide bonds. The van der Waals surface area contributed by atoms with E-state index in [1.165, 1.54) is 51.4 Å². The minimum Gasteiger partial charge on any atom is -0.0851 e. The van der Waals surface area contributed by atoms with Crippen molar-refractivity contribution in [3.63, 3.8) is 0 Å². The van der Waals surface area contributed by atoms with Crippen molar-refractivity contribution in [3.8, 4) is 0 Å². The summed E-state index contributed by atoms with van der Waals surface area (Å²) in [5.41, 5.74) is 1.81. The van der Waals surface area contributed by atoms with Crippen LogP contribution < -0.4 is 0 Å². The molecule has 0 saturated heterocycles. The quantitative estimate of drug-likeness (QED) is 0.462. The van der Waals surface area contributed by atoms with Crippen molar-refractivity contribution < 1.29 is 0 Å². The molecule has 1 unspecified atom stereocenters. The van der Waals surface area contributed by atoms with E-state index in [2.05, 4.69) is 6.08 Å². The van der Waals surface area contributed by atoms with Gasteiger partial charge in [-0.15, -0.1) is 0 Å². The maximum Gasteiger partial charge on any atom is -0.0203 e. The van der Waals surface area contributed by atoms with Crippen LogP contribution >= 0.6 is 0 Å². The van der Waals surface area contributed by atoms with Crippen LogP contribution in [-0.4, -0.2) is 0 Å². The van der Waals surface area contributed by atoms with Gasteiger partial charge in [0.15, 0.2) is 0 Å². The normalized spacial score (nSPS) is 32.0. The van der Waals surface area contributed by atoms with Gasteiger partial charge in [0.05, 0.1) is 0 Å². The van der Waals surface area contributed by atoms with Gasteiger partial charge in [-0.3, -0.25) is 0 Å². The average Bonchev–Trinajstić information content (AvgIpc) is 2.28. The summed E-state index contributed by atoms with van der Waals surface area (Å²) < 4.78 is 0. The van der Waals surface area contributed by atoms with Crippen molar-refractivity contribution in [1.82, 2.24) is 0 Å². The standard InChI is InChI=1S/C11H18/c1-2-6-10-8-4-5-9-11(10)7-3-1/h8,11H,1-7,9H2. The van der Waals surface area contributed by atoms with Gasteiger partial charge < -0.3 is 0 Å². The molecule has 2 rings (SSSR count). The minimum absolute atomic E-state index is 1.01. The topological polar surface area (TPSA) is 0 Å². The van der Waals surface area contributed by atoms with Gasteiger partial charge in [0, 0.05) is 0 Å². The van der Waals surface area contributed by atoms with E-state index in [-0.39, 0.29) is 0 Å². The molecule has 0 N–H and O–H groups in total. The monoisotopic (exact) mass is 150 g/mol. The van der Waals surface area contributed by atoms with Crippen molar-refractivity contribution in [3.05, 3.63) is 11.6 Å². The number of allylic oxidation sites excluding steroid dienone is 2. The molecule has 0 bridgehead atoms. The smallest absolute Gasteiger partial charge is 0.0203 e. The zero-order chi connectivity index (χ0) is 7.52. The van der Waals surface area contributed by atoms with E-state index in [9.17, 15) is 0 Å². The number of rotatable bonds is 0. The van der Waals surface area contributed by atoms with E-state index in [1.807, 2.05) is 5.57 Å². The van der Waals surface area contributed by atoms with Gasteiger partial charge in [-0.1, -0.05) is 24.5 Å². The van der Waals surface area contributed by atoms with Gasteiger partial charge in [-0.05, 0) is 44.4 Å². The van der Waals surface area contributed by atoms with Crippen LogP contribution in [0.2, 0.25) is 0 Å². The van der Waals surface area contributed by atoms with Gasteiger partial charge in [0.2, 0.25) is 0 Å². The first-order valence-corrected chi connectivity index (χ1v) is 5.16. The molecule has 2 aliphatic carbocycles.